The quantitative estimate of drug-likeness (QED) is 0.578. The first-order valence-electron chi connectivity index (χ1n) is 3.82. The average molecular weight is 278 g/mol. The lowest BCUT2D eigenvalue weighted by Crippen LogP contribution is -2.40. The maximum absolute atomic E-state index is 12.8. The molecule has 0 fully saturated rings. The van der Waals surface area contributed by atoms with Gasteiger partial charge in [-0.05, 0) is 36.0 Å². The Hall–Kier alpha value is -0.720. The van der Waals surface area contributed by atoms with Crippen LogP contribution in [0, 0.1) is 5.82 Å². The van der Waals surface area contributed by atoms with Crippen molar-refractivity contribution in [2.24, 2.45) is 5.73 Å². The van der Waals surface area contributed by atoms with Crippen molar-refractivity contribution in [3.63, 3.8) is 0 Å². The van der Waals surface area contributed by atoms with Crippen molar-refractivity contribution < 1.29 is 4.39 Å². The van der Waals surface area contributed by atoms with Crippen molar-refractivity contribution in [3.8, 4) is 0 Å². The second-order valence-electron chi connectivity index (χ2n) is 2.58. The number of rotatable bonds is 3. The molecular formula is C8H9BrFN3S. The Bertz CT molecular complexity index is 345. The maximum Gasteiger partial charge on any atom is 0.178 e. The molecule has 0 spiro atoms. The van der Waals surface area contributed by atoms with E-state index in [-0.39, 0.29) is 10.9 Å². The number of hydrogen-bond donors (Lipinski definition) is 3. The van der Waals surface area contributed by atoms with E-state index in [0.29, 0.717) is 6.54 Å². The van der Waals surface area contributed by atoms with Gasteiger partial charge in [-0.15, -0.1) is 0 Å². The molecule has 0 heterocycles. The molecule has 3 nitrogen and oxygen atoms in total. The molecule has 4 N–H and O–H groups in total. The van der Waals surface area contributed by atoms with Gasteiger partial charge in [0.15, 0.2) is 5.11 Å². The summed E-state index contributed by atoms with van der Waals surface area (Å²) in [5.74, 6) is -0.277. The van der Waals surface area contributed by atoms with Crippen LogP contribution in [0.2, 0.25) is 0 Å². The summed E-state index contributed by atoms with van der Waals surface area (Å²) in [5.41, 5.74) is 11.3. The second-order valence-corrected chi connectivity index (χ2v) is 3.87. The SMILES string of the molecule is NC(=S)NNCc1cc(F)ccc1Br. The smallest absolute Gasteiger partial charge is 0.178 e. The standard InChI is InChI=1S/C8H9BrFN3S/c9-7-2-1-6(10)3-5(7)4-12-13-8(11)14/h1-3,12H,4H2,(H3,11,13,14). The van der Waals surface area contributed by atoms with E-state index in [0.717, 1.165) is 10.0 Å². The number of nitrogens with one attached hydrogen (secondary N) is 2. The first-order valence-corrected chi connectivity index (χ1v) is 5.02. The summed E-state index contributed by atoms with van der Waals surface area (Å²) in [6.45, 7) is 0.426. The van der Waals surface area contributed by atoms with Crippen molar-refractivity contribution in [2.75, 3.05) is 0 Å². The fourth-order valence-corrected chi connectivity index (χ4v) is 1.36. The van der Waals surface area contributed by atoms with Crippen LogP contribution in [0.3, 0.4) is 0 Å². The minimum Gasteiger partial charge on any atom is -0.375 e. The van der Waals surface area contributed by atoms with Crippen LogP contribution in [0.15, 0.2) is 22.7 Å². The normalized spacial score (nSPS) is 9.86. The minimum atomic E-state index is -0.277. The molecule has 6 heteroatoms. The first kappa shape index (κ1) is 11.4. The summed E-state index contributed by atoms with van der Waals surface area (Å²) in [6.07, 6.45) is 0. The Morgan fingerprint density at radius 3 is 2.93 bits per heavy atom. The van der Waals surface area contributed by atoms with Crippen molar-refractivity contribution >= 4 is 33.3 Å². The third kappa shape index (κ3) is 3.57. The Kier molecular flexibility index (Phi) is 4.24. The van der Waals surface area contributed by atoms with Crippen LogP contribution in [0.5, 0.6) is 0 Å². The molecule has 1 rings (SSSR count). The third-order valence-electron chi connectivity index (χ3n) is 1.50. The van der Waals surface area contributed by atoms with E-state index in [9.17, 15) is 4.39 Å². The highest BCUT2D eigenvalue weighted by Crippen LogP contribution is 2.17. The monoisotopic (exact) mass is 277 g/mol. The lowest BCUT2D eigenvalue weighted by atomic mass is 10.2. The lowest BCUT2D eigenvalue weighted by molar-refractivity contribution is 0.614. The molecule has 0 aliphatic carbocycles. The van der Waals surface area contributed by atoms with E-state index in [1.54, 1.807) is 6.07 Å². The Morgan fingerprint density at radius 1 is 1.57 bits per heavy atom. The zero-order valence-electron chi connectivity index (χ0n) is 7.18. The van der Waals surface area contributed by atoms with Crippen molar-refractivity contribution in [1.82, 2.24) is 10.9 Å². The van der Waals surface area contributed by atoms with E-state index in [1.165, 1.54) is 12.1 Å². The molecule has 0 aromatic heterocycles. The zero-order chi connectivity index (χ0) is 10.6. The molecule has 0 saturated carbocycles. The van der Waals surface area contributed by atoms with E-state index < -0.39 is 0 Å². The van der Waals surface area contributed by atoms with E-state index in [2.05, 4.69) is 39.0 Å². The van der Waals surface area contributed by atoms with Crippen LogP contribution in [0.25, 0.3) is 0 Å². The molecule has 0 bridgehead atoms. The second kappa shape index (κ2) is 5.23. The van der Waals surface area contributed by atoms with Gasteiger partial charge in [0, 0.05) is 11.0 Å². The van der Waals surface area contributed by atoms with Crippen LogP contribution >= 0.6 is 28.1 Å². The third-order valence-corrected chi connectivity index (χ3v) is 2.37. The van der Waals surface area contributed by atoms with Gasteiger partial charge in [0.2, 0.25) is 0 Å². The molecular weight excluding hydrogens is 269 g/mol. The summed E-state index contributed by atoms with van der Waals surface area (Å²) < 4.78 is 13.6. The average Bonchev–Trinajstić information content (AvgIpc) is 2.10. The summed E-state index contributed by atoms with van der Waals surface area (Å²) in [7, 11) is 0. The number of hydrazine groups is 1. The van der Waals surface area contributed by atoms with E-state index >= 15 is 0 Å². The largest absolute Gasteiger partial charge is 0.375 e. The van der Waals surface area contributed by atoms with Crippen LogP contribution in [0.4, 0.5) is 4.39 Å². The zero-order valence-corrected chi connectivity index (χ0v) is 9.58. The Labute approximate surface area is 95.0 Å². The molecule has 14 heavy (non-hydrogen) atoms. The first-order chi connectivity index (χ1) is 6.59. The van der Waals surface area contributed by atoms with Gasteiger partial charge in [0.25, 0.3) is 0 Å². The van der Waals surface area contributed by atoms with Gasteiger partial charge in [0.05, 0.1) is 0 Å². The van der Waals surface area contributed by atoms with Crippen LogP contribution in [0.1, 0.15) is 5.56 Å². The molecule has 0 amide bonds. The molecule has 0 radical (unpaired) electrons. The lowest BCUT2D eigenvalue weighted by Gasteiger charge is -2.07. The van der Waals surface area contributed by atoms with Crippen LogP contribution in [-0.4, -0.2) is 5.11 Å². The van der Waals surface area contributed by atoms with Crippen molar-refractivity contribution in [2.45, 2.75) is 6.54 Å². The fourth-order valence-electron chi connectivity index (χ4n) is 0.905. The molecule has 0 unspecified atom stereocenters. The highest BCUT2D eigenvalue weighted by molar-refractivity contribution is 9.10. The highest BCUT2D eigenvalue weighted by Gasteiger charge is 2.00. The topological polar surface area (TPSA) is 50.1 Å². The van der Waals surface area contributed by atoms with Gasteiger partial charge in [0.1, 0.15) is 5.82 Å². The Morgan fingerprint density at radius 2 is 2.29 bits per heavy atom. The van der Waals surface area contributed by atoms with Gasteiger partial charge in [-0.2, -0.15) is 0 Å². The summed E-state index contributed by atoms with van der Waals surface area (Å²) in [4.78, 5) is 0. The van der Waals surface area contributed by atoms with Gasteiger partial charge in [-0.3, -0.25) is 5.43 Å². The predicted octanol–water partition coefficient (Wildman–Crippen LogP) is 1.43. The van der Waals surface area contributed by atoms with Crippen LogP contribution < -0.4 is 16.6 Å². The van der Waals surface area contributed by atoms with Crippen LogP contribution in [-0.2, 0) is 6.54 Å². The molecule has 0 saturated heterocycles. The number of halogens is 2. The van der Waals surface area contributed by atoms with Crippen molar-refractivity contribution in [1.29, 1.82) is 0 Å². The van der Waals surface area contributed by atoms with E-state index in [4.69, 9.17) is 5.73 Å². The molecule has 0 aliphatic heterocycles. The minimum absolute atomic E-state index is 0.150. The molecule has 76 valence electrons. The predicted molar refractivity (Wildman–Crippen MR) is 60.9 cm³/mol. The molecule has 0 aliphatic rings. The maximum atomic E-state index is 12.8. The summed E-state index contributed by atoms with van der Waals surface area (Å²) >= 11 is 7.89. The number of nitrogens with two attached hydrogens (primary N) is 1. The number of hydrogen-bond acceptors (Lipinski definition) is 2. The van der Waals surface area contributed by atoms with Gasteiger partial charge < -0.3 is 5.73 Å². The van der Waals surface area contributed by atoms with Crippen molar-refractivity contribution in [3.05, 3.63) is 34.1 Å². The molecule has 1 aromatic carbocycles. The van der Waals surface area contributed by atoms with Gasteiger partial charge in [-0.25, -0.2) is 9.82 Å². The Balaban J connectivity index is 2.57. The fraction of sp³-hybridized carbons (Fsp3) is 0.125. The number of thiocarbonyl (C=S) groups is 1. The highest BCUT2D eigenvalue weighted by atomic mass is 79.9. The van der Waals surface area contributed by atoms with E-state index in [1.807, 2.05) is 0 Å². The number of benzene rings is 1. The van der Waals surface area contributed by atoms with Gasteiger partial charge >= 0.3 is 0 Å². The summed E-state index contributed by atoms with van der Waals surface area (Å²) in [6, 6.07) is 4.46. The molecule has 1 aromatic rings. The summed E-state index contributed by atoms with van der Waals surface area (Å²) in [5, 5.41) is 0.150. The van der Waals surface area contributed by atoms with Gasteiger partial charge in [-0.1, -0.05) is 15.9 Å². The molecule has 0 atom stereocenters.